The Balaban J connectivity index is 1.99. The minimum Gasteiger partial charge on any atom is -0.381 e. The number of hydrogen-bond acceptors (Lipinski definition) is 7. The molecule has 1 aromatic carbocycles. The molecule has 7 nitrogen and oxygen atoms in total. The second kappa shape index (κ2) is 9.74. The van der Waals surface area contributed by atoms with Crippen molar-refractivity contribution in [1.82, 2.24) is 25.6 Å². The first-order valence-electron chi connectivity index (χ1n) is 10.7. The summed E-state index contributed by atoms with van der Waals surface area (Å²) in [4.78, 5) is 0.564. The molecule has 1 aromatic heterocycles. The molecule has 0 aliphatic carbocycles. The van der Waals surface area contributed by atoms with Gasteiger partial charge in [0.1, 0.15) is 0 Å². The van der Waals surface area contributed by atoms with E-state index < -0.39 is 0 Å². The Labute approximate surface area is 201 Å². The van der Waals surface area contributed by atoms with Crippen LogP contribution in [0.15, 0.2) is 77.6 Å². The second-order valence-electron chi connectivity index (χ2n) is 8.44. The van der Waals surface area contributed by atoms with Crippen LogP contribution in [0.1, 0.15) is 43.5 Å². The maximum atomic E-state index is 6.15. The maximum Gasteiger partial charge on any atom is 0.159 e. The zero-order valence-electron chi connectivity index (χ0n) is 19.7. The number of nitrogen functional groups attached to an aromatic ring is 1. The van der Waals surface area contributed by atoms with Crippen molar-refractivity contribution in [2.75, 3.05) is 12.3 Å². The summed E-state index contributed by atoms with van der Waals surface area (Å²) in [5.74, 6) is 6.95. The molecular weight excluding hydrogens is 430 g/mol. The van der Waals surface area contributed by atoms with Crippen LogP contribution in [0.25, 0.3) is 11.1 Å². The summed E-state index contributed by atoms with van der Waals surface area (Å²) >= 11 is 4.49. The first kappa shape index (κ1) is 24.4. The summed E-state index contributed by atoms with van der Waals surface area (Å²) in [5.41, 5.74) is 16.7. The Morgan fingerprint density at radius 2 is 1.85 bits per heavy atom. The molecule has 3 rings (SSSR count). The van der Waals surface area contributed by atoms with Crippen LogP contribution in [0.4, 0.5) is 5.82 Å². The number of hydrogen-bond donors (Lipinski definition) is 5. The number of nitrogens with two attached hydrogens (primary N) is 2. The van der Waals surface area contributed by atoms with Crippen molar-refractivity contribution >= 4 is 29.6 Å². The molecule has 6 N–H and O–H groups in total. The maximum absolute atomic E-state index is 6.15. The minimum atomic E-state index is 0.342. The number of aryl methyl sites for hydroxylation is 1. The van der Waals surface area contributed by atoms with Crippen LogP contribution in [-0.2, 0) is 7.05 Å². The Morgan fingerprint density at radius 1 is 1.21 bits per heavy atom. The molecule has 0 radical (unpaired) electrons. The lowest BCUT2D eigenvalue weighted by atomic mass is 9.96. The lowest BCUT2D eigenvalue weighted by molar-refractivity contribution is 0.249. The van der Waals surface area contributed by atoms with Gasteiger partial charge in [0.05, 0.1) is 28.5 Å². The van der Waals surface area contributed by atoms with Gasteiger partial charge in [-0.2, -0.15) is 10.2 Å². The van der Waals surface area contributed by atoms with Gasteiger partial charge in [-0.25, -0.2) is 0 Å². The van der Waals surface area contributed by atoms with Gasteiger partial charge in [0, 0.05) is 23.9 Å². The molecule has 0 spiro atoms. The van der Waals surface area contributed by atoms with Crippen molar-refractivity contribution in [2.45, 2.75) is 31.6 Å². The van der Waals surface area contributed by atoms with Crippen molar-refractivity contribution in [2.24, 2.45) is 12.9 Å². The standard InChI is InChI=1S/C25H33N7S/c1-14(2)19-8-10-20(11-9-19)17(5)22-21(15(3)12-13-32(27)29-22)28-18(6)16(4)23-24(33)25(26)30-31(23)7/h8-12,14,28-29,33H,4-6,13,27H2,1-3,7H3,(H2,26,30). The van der Waals surface area contributed by atoms with E-state index in [9.17, 15) is 0 Å². The summed E-state index contributed by atoms with van der Waals surface area (Å²) in [5, 5.41) is 9.16. The van der Waals surface area contributed by atoms with Crippen LogP contribution < -0.4 is 22.3 Å². The van der Waals surface area contributed by atoms with E-state index in [2.05, 4.69) is 86.3 Å². The highest BCUT2D eigenvalue weighted by molar-refractivity contribution is 7.80. The van der Waals surface area contributed by atoms with Gasteiger partial charge in [0.25, 0.3) is 0 Å². The van der Waals surface area contributed by atoms with Crippen molar-refractivity contribution < 1.29 is 0 Å². The SMILES string of the molecule is C=C(NC1=C(C(=C)c2ccc(C(C)C)cc2)NN(N)CC=C1C)C(=C)c1c(S)c(N)nn1C. The van der Waals surface area contributed by atoms with Crippen molar-refractivity contribution in [1.29, 1.82) is 0 Å². The predicted octanol–water partition coefficient (Wildman–Crippen LogP) is 4.10. The second-order valence-corrected chi connectivity index (χ2v) is 8.89. The van der Waals surface area contributed by atoms with E-state index in [1.54, 1.807) is 11.7 Å². The lowest BCUT2D eigenvalue weighted by Crippen LogP contribution is -2.43. The molecule has 8 heteroatoms. The minimum absolute atomic E-state index is 0.342. The summed E-state index contributed by atoms with van der Waals surface area (Å²) in [6.45, 7) is 19.6. The number of allylic oxidation sites excluding steroid dienone is 3. The molecule has 174 valence electrons. The van der Waals surface area contributed by atoms with E-state index in [0.29, 0.717) is 40.1 Å². The number of benzene rings is 1. The van der Waals surface area contributed by atoms with Gasteiger partial charge in [0.2, 0.25) is 0 Å². The van der Waals surface area contributed by atoms with E-state index in [1.165, 1.54) is 10.7 Å². The molecule has 33 heavy (non-hydrogen) atoms. The van der Waals surface area contributed by atoms with Crippen LogP contribution >= 0.6 is 12.6 Å². The topological polar surface area (TPSA) is 97.2 Å². The van der Waals surface area contributed by atoms with Crippen LogP contribution in [0, 0.1) is 0 Å². The Kier molecular flexibility index (Phi) is 7.22. The summed E-state index contributed by atoms with van der Waals surface area (Å²) in [7, 11) is 1.79. The highest BCUT2D eigenvalue weighted by Gasteiger charge is 2.22. The fourth-order valence-corrected chi connectivity index (χ4v) is 3.94. The molecule has 2 heterocycles. The van der Waals surface area contributed by atoms with E-state index >= 15 is 0 Å². The number of nitrogens with one attached hydrogen (secondary N) is 2. The van der Waals surface area contributed by atoms with E-state index in [1.807, 2.05) is 13.0 Å². The Hall–Kier alpha value is -3.20. The van der Waals surface area contributed by atoms with E-state index in [0.717, 1.165) is 28.1 Å². The third-order valence-electron chi connectivity index (χ3n) is 5.70. The van der Waals surface area contributed by atoms with Crippen molar-refractivity contribution in [3.63, 3.8) is 0 Å². The molecule has 0 saturated carbocycles. The van der Waals surface area contributed by atoms with Crippen molar-refractivity contribution in [3.8, 4) is 0 Å². The van der Waals surface area contributed by atoms with Gasteiger partial charge in [-0.3, -0.25) is 10.5 Å². The fourth-order valence-electron chi connectivity index (χ4n) is 3.61. The van der Waals surface area contributed by atoms with Crippen LogP contribution in [0.5, 0.6) is 0 Å². The molecule has 0 saturated heterocycles. The van der Waals surface area contributed by atoms with Crippen LogP contribution in [0.3, 0.4) is 0 Å². The summed E-state index contributed by atoms with van der Waals surface area (Å²) in [6, 6.07) is 8.41. The molecule has 1 aliphatic heterocycles. The zero-order valence-corrected chi connectivity index (χ0v) is 20.6. The smallest absolute Gasteiger partial charge is 0.159 e. The van der Waals surface area contributed by atoms with Crippen LogP contribution in [-0.4, -0.2) is 21.4 Å². The third-order valence-corrected chi connectivity index (χ3v) is 6.14. The number of anilines is 1. The van der Waals surface area contributed by atoms with Gasteiger partial charge >= 0.3 is 0 Å². The van der Waals surface area contributed by atoms with Gasteiger partial charge in [-0.15, -0.1) is 12.6 Å². The molecule has 2 aromatic rings. The first-order chi connectivity index (χ1) is 15.5. The predicted molar refractivity (Wildman–Crippen MR) is 141 cm³/mol. The van der Waals surface area contributed by atoms with Gasteiger partial charge in [0.15, 0.2) is 5.82 Å². The highest BCUT2D eigenvalue weighted by Crippen LogP contribution is 2.32. The first-order valence-corrected chi connectivity index (χ1v) is 11.1. The average Bonchev–Trinajstić information content (AvgIpc) is 2.94. The van der Waals surface area contributed by atoms with Gasteiger partial charge in [-0.05, 0) is 29.5 Å². The van der Waals surface area contributed by atoms with Gasteiger partial charge in [-0.1, -0.05) is 63.9 Å². The molecule has 0 bridgehead atoms. The lowest BCUT2D eigenvalue weighted by Gasteiger charge is -2.24. The fraction of sp³-hybridized carbons (Fsp3) is 0.240. The molecule has 0 fully saturated rings. The normalized spacial score (nSPS) is 14.6. The third kappa shape index (κ3) is 5.08. The Bertz CT molecular complexity index is 1170. The monoisotopic (exact) mass is 463 g/mol. The van der Waals surface area contributed by atoms with E-state index in [-0.39, 0.29) is 0 Å². The van der Waals surface area contributed by atoms with E-state index in [4.69, 9.17) is 11.6 Å². The summed E-state index contributed by atoms with van der Waals surface area (Å²) in [6.07, 6.45) is 2.03. The number of thiol groups is 1. The quantitative estimate of drug-likeness (QED) is 0.241. The largest absolute Gasteiger partial charge is 0.381 e. The molecule has 0 unspecified atom stereocenters. The Morgan fingerprint density at radius 3 is 2.39 bits per heavy atom. The molecule has 1 aliphatic rings. The zero-order chi connectivity index (χ0) is 24.4. The number of nitrogens with zero attached hydrogens (tertiary/aromatic N) is 3. The van der Waals surface area contributed by atoms with Gasteiger partial charge < -0.3 is 16.5 Å². The molecule has 0 amide bonds. The molecular formula is C25H33N7S. The number of hydrazine groups is 2. The average molecular weight is 464 g/mol. The van der Waals surface area contributed by atoms with Crippen LogP contribution in [0.2, 0.25) is 0 Å². The van der Waals surface area contributed by atoms with Crippen molar-refractivity contribution in [3.05, 3.63) is 89.6 Å². The number of aromatic nitrogens is 2. The summed E-state index contributed by atoms with van der Waals surface area (Å²) < 4.78 is 1.65. The number of rotatable bonds is 7. The molecule has 0 atom stereocenters. The highest BCUT2D eigenvalue weighted by atomic mass is 32.1.